The van der Waals surface area contributed by atoms with Crippen LogP contribution in [-0.2, 0) is 4.79 Å². The van der Waals surface area contributed by atoms with E-state index in [2.05, 4.69) is 26.9 Å². The first-order valence-electron chi connectivity index (χ1n) is 8.40. The van der Waals surface area contributed by atoms with Gasteiger partial charge in [-0.15, -0.1) is 0 Å². The van der Waals surface area contributed by atoms with Gasteiger partial charge in [0.05, 0.1) is 29.2 Å². The first-order valence-corrected chi connectivity index (χ1v) is 10.2. The average molecular weight is 444 g/mol. The molecule has 0 N–H and O–H groups in total. The normalized spacial score (nSPS) is 19.7. The molecule has 7 heteroatoms. The number of benzene rings is 2. The standard InChI is InChI=1S/C20H15BrFN3OS/c21-14-4-6-16(7-5-14)24-11-25-19(26)9-17(13-2-1-3-15(22)8-13)18(10-23)20(25)27-12-24/h1-8,17H,9,11-12H2. The molecule has 0 radical (unpaired) electrons. The minimum atomic E-state index is -0.392. The van der Waals surface area contributed by atoms with Gasteiger partial charge in [-0.25, -0.2) is 4.39 Å². The van der Waals surface area contributed by atoms with Gasteiger partial charge in [-0.1, -0.05) is 39.8 Å². The van der Waals surface area contributed by atoms with Gasteiger partial charge in [-0.2, -0.15) is 5.26 Å². The molecule has 0 saturated carbocycles. The number of carbonyl (C=O) groups is 1. The lowest BCUT2D eigenvalue weighted by atomic mass is 9.86. The van der Waals surface area contributed by atoms with Gasteiger partial charge in [0.15, 0.2) is 0 Å². The highest BCUT2D eigenvalue weighted by Gasteiger charge is 2.38. The van der Waals surface area contributed by atoms with E-state index < -0.39 is 5.92 Å². The highest BCUT2D eigenvalue weighted by Crippen LogP contribution is 2.43. The maximum absolute atomic E-state index is 13.6. The summed E-state index contributed by atoms with van der Waals surface area (Å²) in [7, 11) is 0. The van der Waals surface area contributed by atoms with Crippen molar-refractivity contribution in [2.24, 2.45) is 0 Å². The third kappa shape index (κ3) is 3.47. The van der Waals surface area contributed by atoms with Crippen LogP contribution in [0, 0.1) is 17.1 Å². The maximum Gasteiger partial charge on any atom is 0.229 e. The molecule has 2 aromatic carbocycles. The van der Waals surface area contributed by atoms with Crippen LogP contribution in [0.15, 0.2) is 63.6 Å². The van der Waals surface area contributed by atoms with E-state index in [0.717, 1.165) is 10.2 Å². The van der Waals surface area contributed by atoms with E-state index in [0.29, 0.717) is 28.7 Å². The molecule has 1 amide bonds. The lowest BCUT2D eigenvalue weighted by Gasteiger charge is -2.42. The zero-order valence-corrected chi connectivity index (χ0v) is 16.6. The van der Waals surface area contributed by atoms with Gasteiger partial charge in [0.2, 0.25) is 5.91 Å². The number of nitrogens with zero attached hydrogens (tertiary/aromatic N) is 3. The van der Waals surface area contributed by atoms with Crippen molar-refractivity contribution in [3.8, 4) is 6.07 Å². The first-order chi connectivity index (χ1) is 13.1. The van der Waals surface area contributed by atoms with Crippen molar-refractivity contribution in [2.45, 2.75) is 12.3 Å². The van der Waals surface area contributed by atoms with E-state index in [1.165, 1.54) is 23.9 Å². The Morgan fingerprint density at radius 2 is 2.00 bits per heavy atom. The summed E-state index contributed by atoms with van der Waals surface area (Å²) in [6, 6.07) is 16.4. The van der Waals surface area contributed by atoms with E-state index in [4.69, 9.17) is 0 Å². The fourth-order valence-corrected chi connectivity index (χ4v) is 4.82. The highest BCUT2D eigenvalue weighted by molar-refractivity contribution is 9.10. The molecule has 1 saturated heterocycles. The molecule has 0 aromatic heterocycles. The van der Waals surface area contributed by atoms with E-state index >= 15 is 0 Å². The molecule has 1 unspecified atom stereocenters. The molecule has 4 rings (SSSR count). The molecule has 2 aliphatic heterocycles. The van der Waals surface area contributed by atoms with Gasteiger partial charge >= 0.3 is 0 Å². The predicted octanol–water partition coefficient (Wildman–Crippen LogP) is 4.81. The number of halogens is 2. The summed E-state index contributed by atoms with van der Waals surface area (Å²) in [4.78, 5) is 16.6. The van der Waals surface area contributed by atoms with Crippen LogP contribution in [0.25, 0.3) is 0 Å². The Balaban J connectivity index is 1.66. The largest absolute Gasteiger partial charge is 0.344 e. The van der Waals surface area contributed by atoms with Crippen LogP contribution in [0.4, 0.5) is 10.1 Å². The summed E-state index contributed by atoms with van der Waals surface area (Å²) in [5, 5.41) is 10.5. The van der Waals surface area contributed by atoms with Crippen LogP contribution < -0.4 is 4.90 Å². The number of fused-ring (bicyclic) bond motifs is 1. The van der Waals surface area contributed by atoms with Crippen molar-refractivity contribution in [2.75, 3.05) is 17.4 Å². The topological polar surface area (TPSA) is 47.3 Å². The second-order valence-electron chi connectivity index (χ2n) is 6.40. The Bertz CT molecular complexity index is 970. The van der Waals surface area contributed by atoms with E-state index in [1.807, 2.05) is 24.3 Å². The number of nitriles is 1. The molecule has 2 heterocycles. The lowest BCUT2D eigenvalue weighted by Crippen LogP contribution is -2.47. The zero-order chi connectivity index (χ0) is 19.0. The molecule has 1 atom stereocenters. The van der Waals surface area contributed by atoms with Crippen molar-refractivity contribution < 1.29 is 9.18 Å². The van der Waals surface area contributed by atoms with Crippen LogP contribution in [0.1, 0.15) is 17.9 Å². The fourth-order valence-electron chi connectivity index (χ4n) is 3.39. The smallest absolute Gasteiger partial charge is 0.229 e. The minimum absolute atomic E-state index is 0.0485. The molecule has 27 heavy (non-hydrogen) atoms. The fraction of sp³-hybridized carbons (Fsp3) is 0.200. The number of thioether (sulfide) groups is 1. The van der Waals surface area contributed by atoms with E-state index in [9.17, 15) is 14.4 Å². The molecule has 4 nitrogen and oxygen atoms in total. The quantitative estimate of drug-likeness (QED) is 0.667. The van der Waals surface area contributed by atoms with Crippen molar-refractivity contribution in [3.05, 3.63) is 75.0 Å². The van der Waals surface area contributed by atoms with Crippen LogP contribution in [-0.4, -0.2) is 23.4 Å². The number of hydrogen-bond acceptors (Lipinski definition) is 4. The summed E-state index contributed by atoms with van der Waals surface area (Å²) in [6.45, 7) is 0.407. The Kier molecular flexibility index (Phi) is 4.94. The van der Waals surface area contributed by atoms with E-state index in [1.54, 1.807) is 17.0 Å². The number of amides is 1. The number of rotatable bonds is 2. The molecule has 0 aliphatic carbocycles. The molecule has 0 bridgehead atoms. The Morgan fingerprint density at radius 3 is 2.70 bits per heavy atom. The summed E-state index contributed by atoms with van der Waals surface area (Å²) in [5.41, 5.74) is 2.23. The average Bonchev–Trinajstić information content (AvgIpc) is 2.68. The second-order valence-corrected chi connectivity index (χ2v) is 8.24. The molecule has 1 fully saturated rings. The number of anilines is 1. The van der Waals surface area contributed by atoms with Crippen molar-refractivity contribution >= 4 is 39.3 Å². The third-order valence-corrected chi connectivity index (χ3v) is 6.42. The summed E-state index contributed by atoms with van der Waals surface area (Å²) in [5.74, 6) is -0.159. The highest BCUT2D eigenvalue weighted by atomic mass is 79.9. The van der Waals surface area contributed by atoms with Gasteiger partial charge in [0, 0.05) is 22.5 Å². The van der Waals surface area contributed by atoms with Crippen LogP contribution in [0.5, 0.6) is 0 Å². The SMILES string of the molecule is N#CC1=C2SCN(c3ccc(Br)cc3)CN2C(=O)CC1c1cccc(F)c1. The number of allylic oxidation sites excluding steroid dienone is 1. The molecule has 0 spiro atoms. The molecular weight excluding hydrogens is 429 g/mol. The molecule has 2 aromatic rings. The van der Waals surface area contributed by atoms with Crippen LogP contribution in [0.3, 0.4) is 0 Å². The minimum Gasteiger partial charge on any atom is -0.344 e. The van der Waals surface area contributed by atoms with Gasteiger partial charge in [0.1, 0.15) is 5.82 Å². The van der Waals surface area contributed by atoms with E-state index in [-0.39, 0.29) is 18.1 Å². The van der Waals surface area contributed by atoms with Gasteiger partial charge in [-0.05, 0) is 42.0 Å². The lowest BCUT2D eigenvalue weighted by molar-refractivity contribution is -0.129. The van der Waals surface area contributed by atoms with Crippen LogP contribution in [0.2, 0.25) is 0 Å². The maximum atomic E-state index is 13.6. The van der Waals surface area contributed by atoms with Crippen LogP contribution >= 0.6 is 27.7 Å². The van der Waals surface area contributed by atoms with Gasteiger partial charge in [-0.3, -0.25) is 9.69 Å². The summed E-state index contributed by atoms with van der Waals surface area (Å²) < 4.78 is 14.6. The monoisotopic (exact) mass is 443 g/mol. The van der Waals surface area contributed by atoms with Crippen molar-refractivity contribution in [1.29, 1.82) is 5.26 Å². The Hall–Kier alpha value is -2.30. The van der Waals surface area contributed by atoms with Crippen molar-refractivity contribution in [3.63, 3.8) is 0 Å². The molecular formula is C20H15BrFN3OS. The van der Waals surface area contributed by atoms with Crippen molar-refractivity contribution in [1.82, 2.24) is 4.90 Å². The van der Waals surface area contributed by atoms with Gasteiger partial charge in [0.25, 0.3) is 0 Å². The molecule has 2 aliphatic rings. The predicted molar refractivity (Wildman–Crippen MR) is 107 cm³/mol. The Morgan fingerprint density at radius 1 is 1.22 bits per heavy atom. The third-order valence-electron chi connectivity index (χ3n) is 4.74. The zero-order valence-electron chi connectivity index (χ0n) is 14.2. The summed E-state index contributed by atoms with van der Waals surface area (Å²) >= 11 is 4.90. The second kappa shape index (κ2) is 7.37. The molecule has 136 valence electrons. The Labute approximate surface area is 169 Å². The first kappa shape index (κ1) is 18.1. The number of carbonyl (C=O) groups excluding carboxylic acids is 1. The van der Waals surface area contributed by atoms with Gasteiger partial charge < -0.3 is 4.90 Å². The summed E-state index contributed by atoms with van der Waals surface area (Å²) in [6.07, 6.45) is 0.171. The number of hydrogen-bond donors (Lipinski definition) is 0.